The van der Waals surface area contributed by atoms with E-state index in [0.29, 0.717) is 53.4 Å². The number of halogens is 4. The van der Waals surface area contributed by atoms with Crippen molar-refractivity contribution in [2.45, 2.75) is 162 Å². The molecule has 2 saturated carbocycles. The summed E-state index contributed by atoms with van der Waals surface area (Å²) < 4.78 is 92.9. The topological polar surface area (TPSA) is 148 Å². The van der Waals surface area contributed by atoms with Gasteiger partial charge in [0, 0.05) is 35.7 Å². The molecule has 3 unspecified atom stereocenters. The number of allylic oxidation sites excluding steroid dienone is 6. The third kappa shape index (κ3) is 21.8. The van der Waals surface area contributed by atoms with Gasteiger partial charge in [-0.3, -0.25) is 4.21 Å². The molecule has 1 saturated heterocycles. The third-order valence-electron chi connectivity index (χ3n) is 14.8. The van der Waals surface area contributed by atoms with E-state index < -0.39 is 34.3 Å². The van der Waals surface area contributed by atoms with E-state index in [9.17, 15) is 31.1 Å². The first kappa shape index (κ1) is 67.9. The van der Waals surface area contributed by atoms with Crippen molar-refractivity contribution < 1.29 is 85.8 Å². The van der Waals surface area contributed by atoms with E-state index in [1.54, 1.807) is 62.4 Å². The molecule has 0 spiro atoms. The molecular formula is C59H85F4NaO8S. The number of hydrogen-bond donors (Lipinski definition) is 0. The number of benzene rings is 3. The summed E-state index contributed by atoms with van der Waals surface area (Å²) in [6, 6.07) is 14.6. The van der Waals surface area contributed by atoms with E-state index in [-0.39, 0.29) is 59.4 Å². The Morgan fingerprint density at radius 3 is 1.40 bits per heavy atom. The Labute approximate surface area is 459 Å². The quantitative estimate of drug-likeness (QED) is 0.0487. The van der Waals surface area contributed by atoms with E-state index in [4.69, 9.17) is 14.2 Å². The summed E-state index contributed by atoms with van der Waals surface area (Å²) in [7, 11) is 0. The van der Waals surface area contributed by atoms with Crippen molar-refractivity contribution in [2.75, 3.05) is 26.4 Å². The maximum Gasteiger partial charge on any atom is 1.00 e. The van der Waals surface area contributed by atoms with Crippen LogP contribution in [0.1, 0.15) is 168 Å². The van der Waals surface area contributed by atoms with E-state index in [2.05, 4.69) is 31.2 Å². The van der Waals surface area contributed by atoms with Crippen LogP contribution in [0, 0.1) is 58.8 Å². The molecule has 8 rings (SSSR count). The summed E-state index contributed by atoms with van der Waals surface area (Å²) >= 11 is -2.08. The monoisotopic (exact) mass is 1050 g/mol. The minimum Gasteiger partial charge on any atom is -0.768 e. The van der Waals surface area contributed by atoms with Crippen LogP contribution in [-0.4, -0.2) is 52.4 Å². The van der Waals surface area contributed by atoms with Gasteiger partial charge in [-0.15, -0.1) is 0 Å². The van der Waals surface area contributed by atoms with Gasteiger partial charge in [0.25, 0.3) is 0 Å². The standard InChI is InChI=1S/C25H34F2O.C23H30F2O2.C6H6O2S.C4H8O.CH4.Na.2H2O/c1-3-5-6-7-18-8-10-19(11-9-18)20-12-14-21(15-13-20)22-16-17-23(28-4-2)25(27)24(22)26;1-2-27-21-14-13-20(22(24)23(21)25)19-11-9-18(10-12-19)17-7-5-16(6-8-17)4-3-15-26;7-9(8)6-4-2-1-3-5-6;1-2-4-5-3-1;;;;/h3,5,14,16-20H,4,6-13,15H2,1-2H3;11,13-18H,2-10,12H2,1H3;1-5H,(H,7,8);1-4H2;1H4;;2*1H2/q;;;;;+1;;/p-1/b5-3+;;;;;;;. The number of aldehydes is 1. The maximum absolute atomic E-state index is 14.5. The molecule has 0 amide bonds. The van der Waals surface area contributed by atoms with Crippen molar-refractivity contribution in [2.24, 2.45) is 35.5 Å². The minimum absolute atomic E-state index is 0. The first-order chi connectivity index (χ1) is 33.6. The van der Waals surface area contributed by atoms with E-state index in [0.717, 1.165) is 93.3 Å². The van der Waals surface area contributed by atoms with Crippen LogP contribution in [0.4, 0.5) is 17.6 Å². The molecule has 5 aliphatic rings. The fourth-order valence-electron chi connectivity index (χ4n) is 10.9. The van der Waals surface area contributed by atoms with E-state index in [1.165, 1.54) is 83.1 Å². The molecule has 14 heteroatoms. The van der Waals surface area contributed by atoms with Crippen molar-refractivity contribution >= 4 is 28.5 Å². The zero-order valence-corrected chi connectivity index (χ0v) is 46.2. The van der Waals surface area contributed by atoms with Crippen molar-refractivity contribution in [3.63, 3.8) is 0 Å². The first-order valence-electron chi connectivity index (χ1n) is 25.9. The van der Waals surface area contributed by atoms with Gasteiger partial charge in [-0.25, -0.2) is 8.78 Å². The van der Waals surface area contributed by atoms with Gasteiger partial charge in [-0.1, -0.05) is 75.6 Å². The Bertz CT molecular complexity index is 2110. The summed E-state index contributed by atoms with van der Waals surface area (Å²) in [5.74, 6) is 1.18. The molecule has 0 radical (unpaired) electrons. The molecule has 4 aliphatic carbocycles. The molecule has 4 N–H and O–H groups in total. The largest absolute Gasteiger partial charge is 1.00 e. The van der Waals surface area contributed by atoms with Crippen molar-refractivity contribution in [1.82, 2.24) is 0 Å². The van der Waals surface area contributed by atoms with Gasteiger partial charge in [-0.05, 0) is 211 Å². The van der Waals surface area contributed by atoms with E-state index >= 15 is 0 Å². The average molecular weight is 1050 g/mol. The number of carbonyl (C=O) groups is 1. The second-order valence-electron chi connectivity index (χ2n) is 19.2. The number of ether oxygens (including phenoxy) is 3. The second kappa shape index (κ2) is 37.6. The Morgan fingerprint density at radius 2 is 1.07 bits per heavy atom. The van der Waals surface area contributed by atoms with Gasteiger partial charge in [-0.2, -0.15) is 8.78 Å². The van der Waals surface area contributed by atoms with Crippen molar-refractivity contribution in [1.29, 1.82) is 0 Å². The SMILES string of the molecule is C.C/C=C/CCC1CCC(C2CC=C(c3ccc(OCC)c(F)c3F)CC2)CC1.C1CCOC1.CCOc1ccc(C2=CCC(C3CCC(CCC=O)CC3)CC2)c(F)c1F.O.O.O=S([O-])c1ccccc1.[Na+]. The zero-order chi connectivity index (χ0) is 49.4. The average Bonchev–Trinajstić information content (AvgIpc) is 3.99. The van der Waals surface area contributed by atoms with Gasteiger partial charge in [0.05, 0.1) is 13.2 Å². The molecule has 1 heterocycles. The van der Waals surface area contributed by atoms with Crippen LogP contribution in [-0.2, 0) is 20.6 Å². The molecule has 3 aromatic carbocycles. The van der Waals surface area contributed by atoms with Gasteiger partial charge >= 0.3 is 29.6 Å². The smallest absolute Gasteiger partial charge is 0.768 e. The van der Waals surface area contributed by atoms with Crippen LogP contribution >= 0.6 is 0 Å². The summed E-state index contributed by atoms with van der Waals surface area (Å²) in [6.45, 7) is 8.26. The van der Waals surface area contributed by atoms with Crippen LogP contribution in [0.3, 0.4) is 0 Å². The summed E-state index contributed by atoms with van der Waals surface area (Å²) in [5, 5.41) is 0. The van der Waals surface area contributed by atoms with Crippen molar-refractivity contribution in [3.05, 3.63) is 113 Å². The Morgan fingerprint density at radius 1 is 0.630 bits per heavy atom. The third-order valence-corrected chi connectivity index (χ3v) is 15.5. The first-order valence-corrected chi connectivity index (χ1v) is 27.0. The predicted octanol–water partition coefficient (Wildman–Crippen LogP) is 11.8. The molecule has 3 atom stereocenters. The van der Waals surface area contributed by atoms with Crippen LogP contribution in [0.2, 0.25) is 0 Å². The van der Waals surface area contributed by atoms with Crippen LogP contribution in [0.15, 0.2) is 83.8 Å². The zero-order valence-electron chi connectivity index (χ0n) is 43.4. The fraction of sp³-hybridized carbons (Fsp3) is 0.576. The maximum atomic E-state index is 14.5. The number of rotatable bonds is 15. The van der Waals surface area contributed by atoms with E-state index in [1.807, 2.05) is 0 Å². The molecular weight excluding hydrogens is 968 g/mol. The van der Waals surface area contributed by atoms with Crippen LogP contribution in [0.25, 0.3) is 11.1 Å². The number of carbonyl (C=O) groups excluding carboxylic acids is 1. The molecule has 0 bridgehead atoms. The molecule has 0 aromatic heterocycles. The normalized spacial score (nSPS) is 22.6. The summed E-state index contributed by atoms with van der Waals surface area (Å²) in [4.78, 5) is 10.9. The summed E-state index contributed by atoms with van der Waals surface area (Å²) in [5.41, 5.74) is 2.67. The van der Waals surface area contributed by atoms with Gasteiger partial charge in [0.2, 0.25) is 11.6 Å². The number of hydrogen-bond acceptors (Lipinski definition) is 6. The Balaban J connectivity index is 0.000000552. The molecule has 3 aromatic rings. The summed E-state index contributed by atoms with van der Waals surface area (Å²) in [6.07, 6.45) is 32.6. The molecule has 404 valence electrons. The Hall–Kier alpha value is -3.14. The predicted molar refractivity (Wildman–Crippen MR) is 284 cm³/mol. The van der Waals surface area contributed by atoms with Gasteiger partial charge in [0.1, 0.15) is 6.29 Å². The molecule has 3 fully saturated rings. The van der Waals surface area contributed by atoms with Gasteiger partial charge < -0.3 is 34.5 Å². The Kier molecular flexibility index (Phi) is 34.9. The molecule has 1 aliphatic heterocycles. The molecule has 73 heavy (non-hydrogen) atoms. The molecule has 8 nitrogen and oxygen atoms in total. The van der Waals surface area contributed by atoms with Crippen molar-refractivity contribution in [3.8, 4) is 11.5 Å². The van der Waals surface area contributed by atoms with Gasteiger partial charge in [0.15, 0.2) is 23.1 Å². The van der Waals surface area contributed by atoms with Crippen LogP contribution < -0.4 is 39.0 Å². The fourth-order valence-corrected chi connectivity index (χ4v) is 11.3. The minimum atomic E-state index is -2.08. The second-order valence-corrected chi connectivity index (χ2v) is 20.1. The van der Waals surface area contributed by atoms with Crippen LogP contribution in [0.5, 0.6) is 11.5 Å².